The van der Waals surface area contributed by atoms with E-state index in [9.17, 15) is 13.2 Å². The van der Waals surface area contributed by atoms with Crippen molar-refractivity contribution in [1.82, 2.24) is 10.4 Å². The van der Waals surface area contributed by atoms with Crippen LogP contribution in [-0.2, 0) is 6.18 Å². The van der Waals surface area contributed by atoms with Crippen molar-refractivity contribution in [3.63, 3.8) is 0 Å². The van der Waals surface area contributed by atoms with E-state index >= 15 is 0 Å². The zero-order chi connectivity index (χ0) is 15.2. The van der Waals surface area contributed by atoms with Crippen molar-refractivity contribution in [2.24, 2.45) is 16.7 Å². The molecular weight excluding hydrogens is 271 g/mol. The van der Waals surface area contributed by atoms with Gasteiger partial charge in [-0.1, -0.05) is 12.1 Å². The van der Waals surface area contributed by atoms with E-state index in [1.807, 2.05) is 0 Å². The van der Waals surface area contributed by atoms with Gasteiger partial charge in [0, 0.05) is 0 Å². The van der Waals surface area contributed by atoms with Crippen LogP contribution in [0.4, 0.5) is 13.2 Å². The molecule has 0 aromatic heterocycles. The predicted molar refractivity (Wildman–Crippen MR) is 71.4 cm³/mol. The van der Waals surface area contributed by atoms with Crippen LogP contribution in [0.3, 0.4) is 0 Å². The van der Waals surface area contributed by atoms with Gasteiger partial charge < -0.3 is 11.1 Å². The van der Waals surface area contributed by atoms with Gasteiger partial charge >= 0.3 is 6.18 Å². The summed E-state index contributed by atoms with van der Waals surface area (Å²) in [4.78, 5) is 0. The highest BCUT2D eigenvalue weighted by molar-refractivity contribution is 5.50. The van der Waals surface area contributed by atoms with Crippen molar-refractivity contribution in [3.05, 3.63) is 35.4 Å². The molecule has 0 bridgehead atoms. The average molecular weight is 289 g/mol. The van der Waals surface area contributed by atoms with Crippen LogP contribution in [0, 0.1) is 0 Å². The number of hydrazine groups is 1. The number of hydrazone groups is 1. The van der Waals surface area contributed by atoms with Gasteiger partial charge in [0.2, 0.25) is 0 Å². The molecule has 0 aliphatic rings. The van der Waals surface area contributed by atoms with Crippen LogP contribution >= 0.6 is 0 Å². The fourth-order valence-electron chi connectivity index (χ4n) is 1.78. The summed E-state index contributed by atoms with van der Waals surface area (Å²) in [6.07, 6.45) is -2.73. The number of nitrogens with zero attached hydrogens (tertiary/aromatic N) is 2. The van der Waals surface area contributed by atoms with E-state index in [1.54, 1.807) is 7.05 Å². The van der Waals surface area contributed by atoms with Gasteiger partial charge in [-0.25, -0.2) is 11.0 Å². The molecule has 0 spiro atoms. The van der Waals surface area contributed by atoms with Crippen LogP contribution in [0.1, 0.15) is 23.6 Å². The minimum absolute atomic E-state index is 0.357. The highest BCUT2D eigenvalue weighted by atomic mass is 19.4. The Hall–Kier alpha value is -1.80. The Labute approximate surface area is 115 Å². The lowest BCUT2D eigenvalue weighted by Gasteiger charge is -2.25. The Morgan fingerprint density at radius 2 is 1.95 bits per heavy atom. The van der Waals surface area contributed by atoms with Crippen molar-refractivity contribution in [3.8, 4) is 0 Å². The first-order valence-electron chi connectivity index (χ1n) is 6.00. The van der Waals surface area contributed by atoms with Crippen molar-refractivity contribution in [2.45, 2.75) is 18.6 Å². The minimum Gasteiger partial charge on any atom is -0.388 e. The first kappa shape index (κ1) is 16.3. The molecule has 0 heterocycles. The number of hydrogen-bond acceptors (Lipinski definition) is 4. The highest BCUT2D eigenvalue weighted by Gasteiger charge is 2.30. The summed E-state index contributed by atoms with van der Waals surface area (Å²) in [5.74, 6) is 5.73. The second-order valence-electron chi connectivity index (χ2n) is 4.17. The van der Waals surface area contributed by atoms with Gasteiger partial charge in [-0.05, 0) is 37.7 Å². The second kappa shape index (κ2) is 7.11. The van der Waals surface area contributed by atoms with Crippen molar-refractivity contribution in [2.75, 3.05) is 13.6 Å². The van der Waals surface area contributed by atoms with Gasteiger partial charge in [-0.2, -0.15) is 18.3 Å². The lowest BCUT2D eigenvalue weighted by Crippen LogP contribution is -2.32. The highest BCUT2D eigenvalue weighted by Crippen LogP contribution is 2.31. The molecule has 0 aliphatic heterocycles. The standard InChI is InChI=1S/C12H18F3N5/c1-18-7-6-11(20(17)19-8-16)9-2-4-10(5-3-9)12(13,14)15/h2-5,8,11,18H,6-7,17H2,1H3,(H2,16,19). The number of hydrogen-bond donors (Lipinski definition) is 3. The Bertz CT molecular complexity index is 430. The zero-order valence-corrected chi connectivity index (χ0v) is 11.1. The van der Waals surface area contributed by atoms with E-state index in [-0.39, 0.29) is 6.04 Å². The molecule has 0 radical (unpaired) electrons. The number of rotatable bonds is 6. The topological polar surface area (TPSA) is 79.7 Å². The maximum absolute atomic E-state index is 12.5. The molecule has 0 saturated carbocycles. The van der Waals surface area contributed by atoms with E-state index in [0.717, 1.165) is 23.6 Å². The molecule has 1 unspecified atom stereocenters. The van der Waals surface area contributed by atoms with E-state index in [0.29, 0.717) is 18.5 Å². The van der Waals surface area contributed by atoms with Gasteiger partial charge in [0.25, 0.3) is 0 Å². The maximum atomic E-state index is 12.5. The molecule has 1 aromatic carbocycles. The molecular formula is C12H18F3N5. The Morgan fingerprint density at radius 1 is 1.35 bits per heavy atom. The summed E-state index contributed by atoms with van der Waals surface area (Å²) in [7, 11) is 1.77. The minimum atomic E-state index is -4.35. The Kier molecular flexibility index (Phi) is 5.78. The molecule has 5 N–H and O–H groups in total. The zero-order valence-electron chi connectivity index (χ0n) is 11.1. The normalized spacial score (nSPS) is 13.7. The molecule has 0 amide bonds. The monoisotopic (exact) mass is 289 g/mol. The molecule has 20 heavy (non-hydrogen) atoms. The first-order valence-corrected chi connectivity index (χ1v) is 6.00. The predicted octanol–water partition coefficient (Wildman–Crippen LogP) is 1.43. The second-order valence-corrected chi connectivity index (χ2v) is 4.17. The van der Waals surface area contributed by atoms with Crippen LogP contribution in [0.5, 0.6) is 0 Å². The summed E-state index contributed by atoms with van der Waals surface area (Å²) >= 11 is 0. The summed E-state index contributed by atoms with van der Waals surface area (Å²) in [6, 6.07) is 4.50. The third kappa shape index (κ3) is 4.39. The SMILES string of the molecule is CNCCC(c1ccc(C(F)(F)F)cc1)N(N)/N=C\N. The molecule has 112 valence electrons. The number of alkyl halides is 3. The van der Waals surface area contributed by atoms with E-state index < -0.39 is 11.7 Å². The molecule has 0 fully saturated rings. The smallest absolute Gasteiger partial charge is 0.388 e. The molecule has 0 saturated heterocycles. The van der Waals surface area contributed by atoms with Crippen LogP contribution in [0.2, 0.25) is 0 Å². The number of benzene rings is 1. The molecule has 1 atom stereocenters. The summed E-state index contributed by atoms with van der Waals surface area (Å²) in [6.45, 7) is 0.638. The summed E-state index contributed by atoms with van der Waals surface area (Å²) in [5.41, 5.74) is 5.12. The van der Waals surface area contributed by atoms with Gasteiger partial charge in [0.15, 0.2) is 0 Å². The van der Waals surface area contributed by atoms with E-state index in [4.69, 9.17) is 11.6 Å². The molecule has 5 nitrogen and oxygen atoms in total. The fourth-order valence-corrected chi connectivity index (χ4v) is 1.78. The first-order chi connectivity index (χ1) is 9.40. The number of nitrogens with two attached hydrogens (primary N) is 2. The lowest BCUT2D eigenvalue weighted by atomic mass is 10.0. The van der Waals surface area contributed by atoms with E-state index in [2.05, 4.69) is 10.4 Å². The lowest BCUT2D eigenvalue weighted by molar-refractivity contribution is -0.137. The Morgan fingerprint density at radius 3 is 2.40 bits per heavy atom. The third-order valence-corrected chi connectivity index (χ3v) is 2.81. The maximum Gasteiger partial charge on any atom is 0.416 e. The van der Waals surface area contributed by atoms with Crippen LogP contribution < -0.4 is 16.9 Å². The fraction of sp³-hybridized carbons (Fsp3) is 0.417. The molecule has 0 aliphatic carbocycles. The molecule has 1 rings (SSSR count). The third-order valence-electron chi connectivity index (χ3n) is 2.81. The summed E-state index contributed by atoms with van der Waals surface area (Å²) < 4.78 is 37.6. The van der Waals surface area contributed by atoms with Crippen LogP contribution in [-0.4, -0.2) is 25.0 Å². The molecule has 8 heteroatoms. The molecule has 1 aromatic rings. The number of nitrogens with one attached hydrogen (secondary N) is 1. The van der Waals surface area contributed by atoms with Crippen molar-refractivity contribution < 1.29 is 13.2 Å². The quantitative estimate of drug-likeness (QED) is 0.320. The van der Waals surface area contributed by atoms with Crippen molar-refractivity contribution >= 4 is 6.34 Å². The Balaban J connectivity index is 2.96. The van der Waals surface area contributed by atoms with Crippen molar-refractivity contribution in [1.29, 1.82) is 0 Å². The van der Waals surface area contributed by atoms with E-state index in [1.165, 1.54) is 12.1 Å². The van der Waals surface area contributed by atoms with Gasteiger partial charge in [0.1, 0.15) is 6.34 Å². The number of halogens is 3. The van der Waals surface area contributed by atoms with Crippen LogP contribution in [0.15, 0.2) is 29.4 Å². The van der Waals surface area contributed by atoms with Gasteiger partial charge in [0.05, 0.1) is 11.6 Å². The van der Waals surface area contributed by atoms with Gasteiger partial charge in [-0.3, -0.25) is 0 Å². The van der Waals surface area contributed by atoms with Crippen LogP contribution in [0.25, 0.3) is 0 Å². The summed E-state index contributed by atoms with van der Waals surface area (Å²) in [5, 5.41) is 7.83. The average Bonchev–Trinajstić information content (AvgIpc) is 2.39. The largest absolute Gasteiger partial charge is 0.416 e. The van der Waals surface area contributed by atoms with Gasteiger partial charge in [-0.15, -0.1) is 0 Å².